The summed E-state index contributed by atoms with van der Waals surface area (Å²) in [7, 11) is 0. The number of aryl methyl sites for hydroxylation is 1. The number of carbonyl (C=O) groups is 1. The number of amides is 1. The monoisotopic (exact) mass is 259 g/mol. The standard InChI is InChI=1S/C16H21NO2/c1-5-6-9-19-13-8-7-11(2)14-12(13)10-16(3,4)15(18)17-14/h5-8H,9-10H2,1-4H3,(H,17,18)/b6-5+. The predicted molar refractivity (Wildman–Crippen MR) is 77.6 cm³/mol. The second kappa shape index (κ2) is 5.08. The predicted octanol–water partition coefficient (Wildman–Crippen LogP) is 3.47. The van der Waals surface area contributed by atoms with Crippen LogP contribution in [-0.2, 0) is 11.2 Å². The molecule has 0 spiro atoms. The lowest BCUT2D eigenvalue weighted by Crippen LogP contribution is -2.37. The first kappa shape index (κ1) is 13.7. The molecule has 0 aromatic heterocycles. The maximum absolute atomic E-state index is 12.0. The molecular formula is C16H21NO2. The van der Waals surface area contributed by atoms with Crippen molar-refractivity contribution in [1.82, 2.24) is 0 Å². The SMILES string of the molecule is C/C=C/COc1ccc(C)c2c1CC(C)(C)C(=O)N2. The van der Waals surface area contributed by atoms with Crippen LogP contribution in [0, 0.1) is 12.3 Å². The van der Waals surface area contributed by atoms with Gasteiger partial charge in [0.15, 0.2) is 0 Å². The van der Waals surface area contributed by atoms with Gasteiger partial charge in [0.2, 0.25) is 5.91 Å². The summed E-state index contributed by atoms with van der Waals surface area (Å²) >= 11 is 0. The number of hydrogen-bond donors (Lipinski definition) is 1. The highest BCUT2D eigenvalue weighted by Gasteiger charge is 2.35. The van der Waals surface area contributed by atoms with Crippen LogP contribution in [-0.4, -0.2) is 12.5 Å². The zero-order chi connectivity index (χ0) is 14.0. The van der Waals surface area contributed by atoms with Crippen molar-refractivity contribution in [1.29, 1.82) is 0 Å². The molecule has 0 aliphatic carbocycles. The molecule has 0 atom stereocenters. The van der Waals surface area contributed by atoms with E-state index in [0.717, 1.165) is 22.6 Å². The third-order valence-corrected chi connectivity index (χ3v) is 3.52. The Morgan fingerprint density at radius 2 is 2.16 bits per heavy atom. The molecule has 1 aliphatic heterocycles. The van der Waals surface area contributed by atoms with Gasteiger partial charge in [0.1, 0.15) is 12.4 Å². The van der Waals surface area contributed by atoms with Crippen molar-refractivity contribution in [2.75, 3.05) is 11.9 Å². The van der Waals surface area contributed by atoms with E-state index in [4.69, 9.17) is 4.74 Å². The number of benzene rings is 1. The Morgan fingerprint density at radius 3 is 2.84 bits per heavy atom. The molecule has 1 aliphatic rings. The lowest BCUT2D eigenvalue weighted by Gasteiger charge is -2.32. The molecule has 1 amide bonds. The van der Waals surface area contributed by atoms with Crippen LogP contribution in [0.3, 0.4) is 0 Å². The van der Waals surface area contributed by atoms with E-state index in [2.05, 4.69) is 5.32 Å². The van der Waals surface area contributed by atoms with E-state index < -0.39 is 0 Å². The van der Waals surface area contributed by atoms with E-state index in [9.17, 15) is 4.79 Å². The first-order valence-corrected chi connectivity index (χ1v) is 6.63. The number of hydrogen-bond acceptors (Lipinski definition) is 2. The van der Waals surface area contributed by atoms with Gasteiger partial charge in [0.05, 0.1) is 5.69 Å². The van der Waals surface area contributed by atoms with Crippen molar-refractivity contribution in [2.24, 2.45) is 5.41 Å². The quantitative estimate of drug-likeness (QED) is 0.844. The molecule has 0 fully saturated rings. The lowest BCUT2D eigenvalue weighted by atomic mass is 9.80. The second-order valence-electron chi connectivity index (χ2n) is 5.63. The average Bonchev–Trinajstić information content (AvgIpc) is 2.35. The first-order valence-electron chi connectivity index (χ1n) is 6.63. The van der Waals surface area contributed by atoms with E-state index >= 15 is 0 Å². The molecule has 3 heteroatoms. The fourth-order valence-electron chi connectivity index (χ4n) is 2.27. The topological polar surface area (TPSA) is 38.3 Å². The fraction of sp³-hybridized carbons (Fsp3) is 0.438. The number of ether oxygens (including phenoxy) is 1. The van der Waals surface area contributed by atoms with Gasteiger partial charge in [0, 0.05) is 11.0 Å². The highest BCUT2D eigenvalue weighted by atomic mass is 16.5. The number of fused-ring (bicyclic) bond motifs is 1. The van der Waals surface area contributed by atoms with E-state index in [1.165, 1.54) is 0 Å². The summed E-state index contributed by atoms with van der Waals surface area (Å²) in [5, 5.41) is 3.01. The summed E-state index contributed by atoms with van der Waals surface area (Å²) in [6, 6.07) is 3.98. The van der Waals surface area contributed by atoms with Crippen molar-refractivity contribution in [3.05, 3.63) is 35.4 Å². The van der Waals surface area contributed by atoms with Crippen molar-refractivity contribution < 1.29 is 9.53 Å². The maximum Gasteiger partial charge on any atom is 0.230 e. The highest BCUT2D eigenvalue weighted by Crippen LogP contribution is 2.40. The smallest absolute Gasteiger partial charge is 0.230 e. The van der Waals surface area contributed by atoms with E-state index in [-0.39, 0.29) is 11.3 Å². The van der Waals surface area contributed by atoms with Crippen LogP contribution < -0.4 is 10.1 Å². The molecule has 1 aromatic carbocycles. The minimum absolute atomic E-state index is 0.0775. The summed E-state index contributed by atoms with van der Waals surface area (Å²) in [6.07, 6.45) is 4.65. The van der Waals surface area contributed by atoms with Gasteiger partial charge < -0.3 is 10.1 Å². The van der Waals surface area contributed by atoms with Crippen LogP contribution in [0.15, 0.2) is 24.3 Å². The van der Waals surface area contributed by atoms with Crippen LogP contribution in [0.5, 0.6) is 5.75 Å². The second-order valence-corrected chi connectivity index (χ2v) is 5.63. The largest absolute Gasteiger partial charge is 0.489 e. The zero-order valence-electron chi connectivity index (χ0n) is 12.0. The van der Waals surface area contributed by atoms with Gasteiger partial charge in [-0.05, 0) is 31.9 Å². The van der Waals surface area contributed by atoms with Gasteiger partial charge in [-0.25, -0.2) is 0 Å². The molecule has 19 heavy (non-hydrogen) atoms. The van der Waals surface area contributed by atoms with E-state index in [1.807, 2.05) is 52.0 Å². The molecule has 1 heterocycles. The lowest BCUT2D eigenvalue weighted by molar-refractivity contribution is -0.124. The molecule has 0 unspecified atom stereocenters. The van der Waals surface area contributed by atoms with E-state index in [0.29, 0.717) is 13.0 Å². The van der Waals surface area contributed by atoms with Crippen LogP contribution >= 0.6 is 0 Å². The fourth-order valence-corrected chi connectivity index (χ4v) is 2.27. The molecule has 1 aromatic rings. The summed E-state index contributed by atoms with van der Waals surface area (Å²) in [5.74, 6) is 0.945. The molecule has 1 N–H and O–H groups in total. The number of carbonyl (C=O) groups excluding carboxylic acids is 1. The van der Waals surface area contributed by atoms with Crippen LogP contribution in [0.4, 0.5) is 5.69 Å². The molecule has 0 saturated carbocycles. The third-order valence-electron chi connectivity index (χ3n) is 3.52. The van der Waals surface area contributed by atoms with Crippen LogP contribution in [0.1, 0.15) is 31.9 Å². The Balaban J connectivity index is 2.39. The van der Waals surface area contributed by atoms with Crippen LogP contribution in [0.25, 0.3) is 0 Å². The summed E-state index contributed by atoms with van der Waals surface area (Å²) in [4.78, 5) is 12.0. The Labute approximate surface area is 114 Å². The number of allylic oxidation sites excluding steroid dienone is 1. The van der Waals surface area contributed by atoms with Gasteiger partial charge in [-0.3, -0.25) is 4.79 Å². The van der Waals surface area contributed by atoms with Crippen molar-refractivity contribution >= 4 is 11.6 Å². The first-order chi connectivity index (χ1) is 8.95. The molecule has 0 radical (unpaired) electrons. The number of anilines is 1. The Morgan fingerprint density at radius 1 is 1.42 bits per heavy atom. The van der Waals surface area contributed by atoms with Crippen molar-refractivity contribution in [3.63, 3.8) is 0 Å². The minimum Gasteiger partial charge on any atom is -0.489 e. The zero-order valence-corrected chi connectivity index (χ0v) is 12.0. The van der Waals surface area contributed by atoms with Crippen molar-refractivity contribution in [3.8, 4) is 5.75 Å². The van der Waals surface area contributed by atoms with Gasteiger partial charge in [-0.1, -0.05) is 32.1 Å². The van der Waals surface area contributed by atoms with Crippen LogP contribution in [0.2, 0.25) is 0 Å². The van der Waals surface area contributed by atoms with E-state index in [1.54, 1.807) is 0 Å². The molecule has 2 rings (SSSR count). The summed E-state index contributed by atoms with van der Waals surface area (Å²) < 4.78 is 5.79. The Kier molecular flexibility index (Phi) is 3.65. The van der Waals surface area contributed by atoms with Gasteiger partial charge >= 0.3 is 0 Å². The third kappa shape index (κ3) is 2.65. The maximum atomic E-state index is 12.0. The summed E-state index contributed by atoms with van der Waals surface area (Å²) in [5.41, 5.74) is 2.72. The normalized spacial score (nSPS) is 17.2. The Bertz CT molecular complexity index is 530. The molecule has 3 nitrogen and oxygen atoms in total. The molecule has 102 valence electrons. The summed E-state index contributed by atoms with van der Waals surface area (Å²) in [6.45, 7) is 8.46. The Hall–Kier alpha value is -1.77. The number of rotatable bonds is 3. The molecule has 0 saturated heterocycles. The van der Waals surface area contributed by atoms with Crippen molar-refractivity contribution in [2.45, 2.75) is 34.1 Å². The number of nitrogens with one attached hydrogen (secondary N) is 1. The molecule has 0 bridgehead atoms. The minimum atomic E-state index is -0.389. The average molecular weight is 259 g/mol. The van der Waals surface area contributed by atoms with Gasteiger partial charge in [0.25, 0.3) is 0 Å². The van der Waals surface area contributed by atoms with Gasteiger partial charge in [-0.2, -0.15) is 0 Å². The van der Waals surface area contributed by atoms with Gasteiger partial charge in [-0.15, -0.1) is 0 Å². The highest BCUT2D eigenvalue weighted by molar-refractivity contribution is 5.99. The molecular weight excluding hydrogens is 238 g/mol.